The van der Waals surface area contributed by atoms with Crippen molar-refractivity contribution < 1.29 is 4.79 Å². The summed E-state index contributed by atoms with van der Waals surface area (Å²) in [4.78, 5) is 20.7. The lowest BCUT2D eigenvalue weighted by molar-refractivity contribution is -0.115. The summed E-state index contributed by atoms with van der Waals surface area (Å²) in [5.74, 6) is 0.574. The van der Waals surface area contributed by atoms with Crippen molar-refractivity contribution >= 4 is 23.4 Å². The van der Waals surface area contributed by atoms with E-state index in [2.05, 4.69) is 25.5 Å². The molecule has 7 heteroatoms. The highest BCUT2D eigenvalue weighted by Crippen LogP contribution is 2.23. The normalized spacial score (nSPS) is 11.9. The van der Waals surface area contributed by atoms with Gasteiger partial charge in [-0.1, -0.05) is 29.5 Å². The van der Waals surface area contributed by atoms with Crippen LogP contribution < -0.4 is 5.32 Å². The number of benzene rings is 1. The smallest absolute Gasteiger partial charge is 0.237 e. The molecule has 0 aliphatic carbocycles. The standard InChI is InChI=1S/C17H17N5OS/c1-11-3-5-14(6-4-11)19-16(23)12(2)24-17-20-15(21-22-17)13-7-9-18-10-8-13/h3-10,12H,1-2H3,(H,19,23)(H,20,21,22)/t12-/m1/s1. The Hall–Kier alpha value is -2.67. The van der Waals surface area contributed by atoms with Gasteiger partial charge in [0.05, 0.1) is 5.25 Å². The monoisotopic (exact) mass is 339 g/mol. The van der Waals surface area contributed by atoms with E-state index in [9.17, 15) is 4.79 Å². The number of nitrogens with one attached hydrogen (secondary N) is 2. The average molecular weight is 339 g/mol. The SMILES string of the molecule is Cc1ccc(NC(=O)[C@@H](C)Sc2n[nH]c(-c3ccncc3)n2)cc1. The molecule has 0 saturated heterocycles. The molecule has 24 heavy (non-hydrogen) atoms. The number of hydrogen-bond donors (Lipinski definition) is 2. The van der Waals surface area contributed by atoms with Crippen molar-refractivity contribution in [1.29, 1.82) is 0 Å². The number of H-pyrrole nitrogens is 1. The number of nitrogens with zero attached hydrogens (tertiary/aromatic N) is 3. The third kappa shape index (κ3) is 3.99. The fraction of sp³-hybridized carbons (Fsp3) is 0.176. The van der Waals surface area contributed by atoms with Gasteiger partial charge in [-0.05, 0) is 38.1 Å². The molecular weight excluding hydrogens is 322 g/mol. The molecule has 0 spiro atoms. The molecule has 0 aliphatic rings. The molecule has 0 saturated carbocycles. The number of thioether (sulfide) groups is 1. The number of aromatic amines is 1. The van der Waals surface area contributed by atoms with Gasteiger partial charge >= 0.3 is 0 Å². The highest BCUT2D eigenvalue weighted by atomic mass is 32.2. The first-order chi connectivity index (χ1) is 11.6. The minimum Gasteiger partial charge on any atom is -0.325 e. The van der Waals surface area contributed by atoms with Crippen LogP contribution in [0.4, 0.5) is 5.69 Å². The lowest BCUT2D eigenvalue weighted by atomic mass is 10.2. The predicted octanol–water partition coefficient (Wildman–Crippen LogP) is 3.29. The van der Waals surface area contributed by atoms with Gasteiger partial charge in [-0.15, -0.1) is 5.10 Å². The van der Waals surface area contributed by atoms with Crippen molar-refractivity contribution in [2.24, 2.45) is 0 Å². The van der Waals surface area contributed by atoms with Gasteiger partial charge in [-0.2, -0.15) is 0 Å². The van der Waals surface area contributed by atoms with Crippen molar-refractivity contribution in [2.45, 2.75) is 24.3 Å². The summed E-state index contributed by atoms with van der Waals surface area (Å²) in [6, 6.07) is 11.4. The van der Waals surface area contributed by atoms with E-state index in [0.717, 1.165) is 16.8 Å². The van der Waals surface area contributed by atoms with E-state index in [-0.39, 0.29) is 11.2 Å². The molecule has 2 heterocycles. The number of anilines is 1. The van der Waals surface area contributed by atoms with E-state index in [1.165, 1.54) is 11.8 Å². The topological polar surface area (TPSA) is 83.6 Å². The minimum atomic E-state index is -0.313. The van der Waals surface area contributed by atoms with Gasteiger partial charge in [0.1, 0.15) is 0 Å². The van der Waals surface area contributed by atoms with Crippen molar-refractivity contribution in [3.8, 4) is 11.4 Å². The molecule has 0 aliphatic heterocycles. The van der Waals surface area contributed by atoms with Crippen LogP contribution in [-0.4, -0.2) is 31.3 Å². The molecule has 0 bridgehead atoms. The zero-order valence-corrected chi connectivity index (χ0v) is 14.2. The van der Waals surface area contributed by atoms with Gasteiger partial charge in [-0.3, -0.25) is 14.9 Å². The highest BCUT2D eigenvalue weighted by molar-refractivity contribution is 8.00. The first kappa shape index (κ1) is 16.2. The molecule has 122 valence electrons. The number of hydrogen-bond acceptors (Lipinski definition) is 5. The summed E-state index contributed by atoms with van der Waals surface area (Å²) in [6.07, 6.45) is 3.39. The maximum absolute atomic E-state index is 12.3. The third-order valence-electron chi connectivity index (χ3n) is 3.39. The van der Waals surface area contributed by atoms with E-state index >= 15 is 0 Å². The number of rotatable bonds is 5. The largest absolute Gasteiger partial charge is 0.325 e. The second-order valence-corrected chi connectivity index (χ2v) is 6.63. The summed E-state index contributed by atoms with van der Waals surface area (Å²) in [5.41, 5.74) is 2.84. The van der Waals surface area contributed by atoms with E-state index in [1.54, 1.807) is 12.4 Å². The minimum absolute atomic E-state index is 0.0842. The lowest BCUT2D eigenvalue weighted by Crippen LogP contribution is -2.22. The van der Waals surface area contributed by atoms with Crippen LogP contribution in [0.2, 0.25) is 0 Å². The predicted molar refractivity (Wildman–Crippen MR) is 94.7 cm³/mol. The van der Waals surface area contributed by atoms with Crippen LogP contribution in [0.15, 0.2) is 53.9 Å². The van der Waals surface area contributed by atoms with E-state index < -0.39 is 0 Å². The Labute approximate surface area is 144 Å². The first-order valence-electron chi connectivity index (χ1n) is 7.49. The second-order valence-electron chi connectivity index (χ2n) is 5.32. The number of amides is 1. The van der Waals surface area contributed by atoms with Crippen molar-refractivity contribution in [3.63, 3.8) is 0 Å². The van der Waals surface area contributed by atoms with Gasteiger partial charge in [0.25, 0.3) is 0 Å². The first-order valence-corrected chi connectivity index (χ1v) is 8.37. The molecule has 1 amide bonds. The molecule has 0 unspecified atom stereocenters. The van der Waals surface area contributed by atoms with Gasteiger partial charge in [-0.25, -0.2) is 4.98 Å². The number of aromatic nitrogens is 4. The van der Waals surface area contributed by atoms with E-state index in [0.29, 0.717) is 11.0 Å². The van der Waals surface area contributed by atoms with Crippen molar-refractivity contribution in [3.05, 3.63) is 54.4 Å². The molecule has 1 atom stereocenters. The van der Waals surface area contributed by atoms with Crippen LogP contribution in [-0.2, 0) is 4.79 Å². The Morgan fingerprint density at radius 3 is 2.58 bits per heavy atom. The van der Waals surface area contributed by atoms with E-state index in [4.69, 9.17) is 0 Å². The maximum atomic E-state index is 12.3. The Bertz CT molecular complexity index is 817. The molecule has 3 aromatic rings. The maximum Gasteiger partial charge on any atom is 0.237 e. The number of carbonyl (C=O) groups excluding carboxylic acids is 1. The summed E-state index contributed by atoms with van der Waals surface area (Å²) in [7, 11) is 0. The van der Waals surface area contributed by atoms with Crippen LogP contribution in [0.1, 0.15) is 12.5 Å². The average Bonchev–Trinajstić information content (AvgIpc) is 3.06. The number of carbonyl (C=O) groups is 1. The van der Waals surface area contributed by atoms with Crippen LogP contribution >= 0.6 is 11.8 Å². The van der Waals surface area contributed by atoms with Gasteiger partial charge in [0, 0.05) is 23.6 Å². The summed E-state index contributed by atoms with van der Waals surface area (Å²) >= 11 is 1.31. The van der Waals surface area contributed by atoms with Crippen LogP contribution in [0.3, 0.4) is 0 Å². The summed E-state index contributed by atoms with van der Waals surface area (Å²) in [6.45, 7) is 3.84. The highest BCUT2D eigenvalue weighted by Gasteiger charge is 2.17. The lowest BCUT2D eigenvalue weighted by Gasteiger charge is -2.10. The Balaban J connectivity index is 1.62. The van der Waals surface area contributed by atoms with Gasteiger partial charge in [0.15, 0.2) is 5.82 Å². The zero-order chi connectivity index (χ0) is 16.9. The fourth-order valence-electron chi connectivity index (χ4n) is 2.03. The van der Waals surface area contributed by atoms with Crippen LogP contribution in [0.25, 0.3) is 11.4 Å². The molecule has 6 nitrogen and oxygen atoms in total. The van der Waals surface area contributed by atoms with Crippen molar-refractivity contribution in [2.75, 3.05) is 5.32 Å². The molecular formula is C17H17N5OS. The summed E-state index contributed by atoms with van der Waals surface area (Å²) < 4.78 is 0. The zero-order valence-electron chi connectivity index (χ0n) is 13.4. The van der Waals surface area contributed by atoms with Crippen LogP contribution in [0.5, 0.6) is 0 Å². The Kier molecular flexibility index (Phi) is 4.90. The molecule has 2 aromatic heterocycles. The van der Waals surface area contributed by atoms with Crippen LogP contribution in [0, 0.1) is 6.92 Å². The molecule has 3 rings (SSSR count). The number of pyridine rings is 1. The Morgan fingerprint density at radius 1 is 1.17 bits per heavy atom. The summed E-state index contributed by atoms with van der Waals surface area (Å²) in [5, 5.41) is 10.2. The van der Waals surface area contributed by atoms with E-state index in [1.807, 2.05) is 50.2 Å². The third-order valence-corrected chi connectivity index (χ3v) is 4.35. The Morgan fingerprint density at radius 2 is 1.88 bits per heavy atom. The second kappa shape index (κ2) is 7.27. The molecule has 0 radical (unpaired) electrons. The molecule has 1 aromatic carbocycles. The molecule has 0 fully saturated rings. The number of aryl methyl sites for hydroxylation is 1. The fourth-order valence-corrected chi connectivity index (χ4v) is 2.75. The molecule has 2 N–H and O–H groups in total. The van der Waals surface area contributed by atoms with Crippen molar-refractivity contribution in [1.82, 2.24) is 20.2 Å². The van der Waals surface area contributed by atoms with Gasteiger partial charge in [0.2, 0.25) is 11.1 Å². The quantitative estimate of drug-likeness (QED) is 0.697. The van der Waals surface area contributed by atoms with Gasteiger partial charge < -0.3 is 5.32 Å².